The minimum Gasteiger partial charge on any atom is -0.234 e. The molecule has 0 unspecified atom stereocenters. The summed E-state index contributed by atoms with van der Waals surface area (Å²) in [7, 11) is 0. The van der Waals surface area contributed by atoms with Gasteiger partial charge in [-0.05, 0) is 25.7 Å². The Bertz CT molecular complexity index is 328. The number of aryl methyl sites for hydroxylation is 2. The van der Waals surface area contributed by atoms with E-state index in [1.807, 2.05) is 0 Å². The molecule has 0 aliphatic heterocycles. The first-order valence-electron chi connectivity index (χ1n) is 8.34. The van der Waals surface area contributed by atoms with E-state index < -0.39 is 0 Å². The predicted octanol–water partition coefficient (Wildman–Crippen LogP) is 4.63. The minimum absolute atomic E-state index is 1.19. The summed E-state index contributed by atoms with van der Waals surface area (Å²) in [6.07, 6.45) is 16.7. The zero-order valence-electron chi connectivity index (χ0n) is 13.3. The molecule has 2 nitrogen and oxygen atoms in total. The highest BCUT2D eigenvalue weighted by molar-refractivity contribution is 4.79. The number of aromatic nitrogens is 2. The highest BCUT2D eigenvalue weighted by Gasteiger charge is 2.10. The molecule has 1 rings (SSSR count). The van der Waals surface area contributed by atoms with E-state index in [-0.39, 0.29) is 0 Å². The summed E-state index contributed by atoms with van der Waals surface area (Å²) < 4.78 is 4.84. The molecule has 0 spiro atoms. The third-order valence-electron chi connectivity index (χ3n) is 4.01. The van der Waals surface area contributed by atoms with Gasteiger partial charge in [0.15, 0.2) is 0 Å². The summed E-state index contributed by atoms with van der Waals surface area (Å²) in [4.78, 5) is 0. The third-order valence-corrected chi connectivity index (χ3v) is 4.01. The van der Waals surface area contributed by atoms with E-state index in [9.17, 15) is 0 Å². The SMILES string of the molecule is CCCCCCC[n+]1ccn(CCCCCC)c1C. The maximum atomic E-state index is 2.42. The molecule has 0 bridgehead atoms. The average molecular weight is 265 g/mol. The van der Waals surface area contributed by atoms with Crippen LogP contribution in [0.5, 0.6) is 0 Å². The second-order valence-corrected chi connectivity index (χ2v) is 5.71. The van der Waals surface area contributed by atoms with Gasteiger partial charge in [-0.2, -0.15) is 0 Å². The van der Waals surface area contributed by atoms with Crippen molar-refractivity contribution in [2.45, 2.75) is 91.6 Å². The molecule has 2 heteroatoms. The monoisotopic (exact) mass is 265 g/mol. The molecule has 0 atom stereocenters. The van der Waals surface area contributed by atoms with Crippen molar-refractivity contribution < 1.29 is 4.57 Å². The maximum Gasteiger partial charge on any atom is 0.253 e. The van der Waals surface area contributed by atoms with Gasteiger partial charge in [0.25, 0.3) is 5.82 Å². The van der Waals surface area contributed by atoms with E-state index in [2.05, 4.69) is 42.3 Å². The summed E-state index contributed by atoms with van der Waals surface area (Å²) in [6, 6.07) is 0. The number of nitrogens with zero attached hydrogens (tertiary/aromatic N) is 2. The van der Waals surface area contributed by atoms with E-state index in [0.717, 1.165) is 0 Å². The second-order valence-electron chi connectivity index (χ2n) is 5.71. The summed E-state index contributed by atoms with van der Waals surface area (Å²) in [6.45, 7) is 9.18. The molecule has 0 fully saturated rings. The van der Waals surface area contributed by atoms with Gasteiger partial charge in [0, 0.05) is 6.92 Å². The minimum atomic E-state index is 1.19. The van der Waals surface area contributed by atoms with Crippen LogP contribution in [-0.2, 0) is 13.1 Å². The topological polar surface area (TPSA) is 8.81 Å². The van der Waals surface area contributed by atoms with Crippen molar-refractivity contribution in [3.63, 3.8) is 0 Å². The van der Waals surface area contributed by atoms with Crippen molar-refractivity contribution in [2.24, 2.45) is 0 Å². The Balaban J connectivity index is 2.26. The lowest BCUT2D eigenvalue weighted by molar-refractivity contribution is -0.702. The molecule has 0 saturated heterocycles. The van der Waals surface area contributed by atoms with Gasteiger partial charge in [-0.25, -0.2) is 9.13 Å². The van der Waals surface area contributed by atoms with Gasteiger partial charge in [0.1, 0.15) is 12.4 Å². The Morgan fingerprint density at radius 2 is 1.53 bits per heavy atom. The fraction of sp³-hybridized carbons (Fsp3) is 0.824. The average Bonchev–Trinajstić information content (AvgIpc) is 2.76. The normalized spacial score (nSPS) is 11.1. The Kier molecular flexibility index (Phi) is 8.61. The third kappa shape index (κ3) is 6.26. The first kappa shape index (κ1) is 16.3. The number of unbranched alkanes of at least 4 members (excludes halogenated alkanes) is 7. The molecule has 110 valence electrons. The van der Waals surface area contributed by atoms with Crippen LogP contribution in [0.3, 0.4) is 0 Å². The molecular weight excluding hydrogens is 232 g/mol. The largest absolute Gasteiger partial charge is 0.253 e. The Hall–Kier alpha value is -0.790. The van der Waals surface area contributed by atoms with Crippen LogP contribution >= 0.6 is 0 Å². The summed E-state index contributed by atoms with van der Waals surface area (Å²) in [5, 5.41) is 0. The summed E-state index contributed by atoms with van der Waals surface area (Å²) in [5.41, 5.74) is 0. The van der Waals surface area contributed by atoms with Crippen molar-refractivity contribution in [3.05, 3.63) is 18.2 Å². The standard InChI is InChI=1S/C17H33N2/c1-4-6-8-10-12-14-19-16-15-18(17(19)3)13-11-9-7-5-2/h15-16H,4-14H2,1-3H3/q+1. The van der Waals surface area contributed by atoms with Crippen LogP contribution in [0.1, 0.15) is 77.5 Å². The van der Waals surface area contributed by atoms with Crippen LogP contribution in [0, 0.1) is 6.92 Å². The van der Waals surface area contributed by atoms with Crippen LogP contribution in [0.4, 0.5) is 0 Å². The van der Waals surface area contributed by atoms with Crippen molar-refractivity contribution in [3.8, 4) is 0 Å². The van der Waals surface area contributed by atoms with Crippen molar-refractivity contribution in [1.29, 1.82) is 0 Å². The molecule has 0 aliphatic rings. The molecular formula is C17H33N2+. The first-order chi connectivity index (χ1) is 9.29. The van der Waals surface area contributed by atoms with Gasteiger partial charge in [-0.3, -0.25) is 0 Å². The Labute approximate surface area is 119 Å². The molecule has 0 amide bonds. The summed E-state index contributed by atoms with van der Waals surface area (Å²) in [5.74, 6) is 1.42. The number of imidazole rings is 1. The Morgan fingerprint density at radius 3 is 2.21 bits per heavy atom. The van der Waals surface area contributed by atoms with Crippen molar-refractivity contribution >= 4 is 0 Å². The molecule has 0 radical (unpaired) electrons. The summed E-state index contributed by atoms with van der Waals surface area (Å²) >= 11 is 0. The van der Waals surface area contributed by atoms with Gasteiger partial charge in [0.2, 0.25) is 0 Å². The fourth-order valence-corrected chi connectivity index (χ4v) is 2.61. The molecule has 1 aromatic rings. The molecule has 0 saturated carbocycles. The smallest absolute Gasteiger partial charge is 0.234 e. The van der Waals surface area contributed by atoms with E-state index in [4.69, 9.17) is 0 Å². The molecule has 19 heavy (non-hydrogen) atoms. The number of hydrogen-bond acceptors (Lipinski definition) is 0. The van der Waals surface area contributed by atoms with Gasteiger partial charge >= 0.3 is 0 Å². The van der Waals surface area contributed by atoms with E-state index in [0.29, 0.717) is 0 Å². The van der Waals surface area contributed by atoms with Crippen molar-refractivity contribution in [1.82, 2.24) is 4.57 Å². The van der Waals surface area contributed by atoms with Gasteiger partial charge in [-0.1, -0.05) is 46.0 Å². The lowest BCUT2D eigenvalue weighted by Gasteiger charge is -2.02. The molecule has 0 N–H and O–H groups in total. The van der Waals surface area contributed by atoms with Gasteiger partial charge in [0.05, 0.1) is 13.1 Å². The lowest BCUT2D eigenvalue weighted by atomic mass is 10.1. The van der Waals surface area contributed by atoms with Crippen LogP contribution in [-0.4, -0.2) is 4.57 Å². The highest BCUT2D eigenvalue weighted by atomic mass is 15.1. The van der Waals surface area contributed by atoms with Crippen LogP contribution in [0.15, 0.2) is 12.4 Å². The quantitative estimate of drug-likeness (QED) is 0.407. The van der Waals surface area contributed by atoms with E-state index >= 15 is 0 Å². The van der Waals surface area contributed by atoms with E-state index in [1.54, 1.807) is 0 Å². The highest BCUT2D eigenvalue weighted by Crippen LogP contribution is 2.05. The number of rotatable bonds is 11. The van der Waals surface area contributed by atoms with E-state index in [1.165, 1.54) is 76.7 Å². The molecule has 1 aromatic heterocycles. The van der Waals surface area contributed by atoms with Crippen LogP contribution in [0.2, 0.25) is 0 Å². The maximum absolute atomic E-state index is 2.42. The van der Waals surface area contributed by atoms with Crippen LogP contribution < -0.4 is 4.57 Å². The first-order valence-corrected chi connectivity index (χ1v) is 8.34. The van der Waals surface area contributed by atoms with Gasteiger partial charge < -0.3 is 0 Å². The zero-order valence-corrected chi connectivity index (χ0v) is 13.3. The predicted molar refractivity (Wildman–Crippen MR) is 82.3 cm³/mol. The molecule has 0 aliphatic carbocycles. The van der Waals surface area contributed by atoms with Crippen molar-refractivity contribution in [2.75, 3.05) is 0 Å². The lowest BCUT2D eigenvalue weighted by Crippen LogP contribution is -2.35. The van der Waals surface area contributed by atoms with Crippen LogP contribution in [0.25, 0.3) is 0 Å². The fourth-order valence-electron chi connectivity index (χ4n) is 2.61. The zero-order chi connectivity index (χ0) is 13.9. The van der Waals surface area contributed by atoms with Gasteiger partial charge in [-0.15, -0.1) is 0 Å². The Morgan fingerprint density at radius 1 is 0.895 bits per heavy atom. The second kappa shape index (κ2) is 10.1. The number of hydrogen-bond donors (Lipinski definition) is 0. The molecule has 0 aromatic carbocycles. The molecule has 1 heterocycles.